The van der Waals surface area contributed by atoms with E-state index >= 15 is 4.39 Å². The lowest BCUT2D eigenvalue weighted by Crippen LogP contribution is -2.58. The number of halogens is 1. The minimum atomic E-state index is -1.36. The van der Waals surface area contributed by atoms with Gasteiger partial charge in [-0.25, -0.2) is 14.2 Å². The molecule has 4 aromatic rings. The molecule has 0 spiro atoms. The first-order chi connectivity index (χ1) is 22.4. The van der Waals surface area contributed by atoms with E-state index in [0.29, 0.717) is 70.7 Å². The number of aryl methyl sites for hydroxylation is 2. The minimum Gasteiger partial charge on any atom is -0.490 e. The Hall–Kier alpha value is -4.07. The summed E-state index contributed by atoms with van der Waals surface area (Å²) in [6, 6.07) is 4.01. The van der Waals surface area contributed by atoms with Crippen LogP contribution in [0.2, 0.25) is 0 Å². The van der Waals surface area contributed by atoms with Gasteiger partial charge < -0.3 is 33.2 Å². The van der Waals surface area contributed by atoms with Crippen molar-refractivity contribution in [2.75, 3.05) is 50.9 Å². The summed E-state index contributed by atoms with van der Waals surface area (Å²) in [6.07, 6.45) is 0.0519. The number of carboxylic acid groups (broad SMARTS) is 1. The van der Waals surface area contributed by atoms with Crippen LogP contribution in [0.25, 0.3) is 33.7 Å². The maximum atomic E-state index is 15.8. The highest BCUT2D eigenvalue weighted by atomic mass is 19.1. The molecule has 2 saturated heterocycles. The Balaban J connectivity index is 1.40. The number of benzene rings is 1. The molecule has 2 fully saturated rings. The number of aliphatic carboxylic acids is 1. The topological polar surface area (TPSA) is 128 Å². The van der Waals surface area contributed by atoms with Gasteiger partial charge in [0, 0.05) is 61.0 Å². The van der Waals surface area contributed by atoms with Gasteiger partial charge in [-0.05, 0) is 70.7 Å². The third-order valence-corrected chi connectivity index (χ3v) is 9.41. The van der Waals surface area contributed by atoms with Gasteiger partial charge in [0.1, 0.15) is 11.3 Å². The number of aromatic nitrogens is 4. The smallest absolute Gasteiger partial charge is 0.337 e. The van der Waals surface area contributed by atoms with E-state index < -0.39 is 23.5 Å². The largest absolute Gasteiger partial charge is 0.490 e. The summed E-state index contributed by atoms with van der Waals surface area (Å²) in [5, 5.41) is 20.0. The summed E-state index contributed by atoms with van der Waals surface area (Å²) in [7, 11) is 1.85. The zero-order valence-corrected chi connectivity index (χ0v) is 27.7. The zero-order chi connectivity index (χ0) is 33.2. The summed E-state index contributed by atoms with van der Waals surface area (Å²) >= 11 is 0. The van der Waals surface area contributed by atoms with E-state index in [9.17, 15) is 9.90 Å². The van der Waals surface area contributed by atoms with E-state index in [2.05, 4.69) is 20.0 Å². The number of nitrogens with zero attached hydrogens (tertiary/aromatic N) is 6. The van der Waals surface area contributed by atoms with Crippen LogP contribution in [0.5, 0.6) is 5.75 Å². The third kappa shape index (κ3) is 5.63. The highest BCUT2D eigenvalue weighted by Crippen LogP contribution is 2.45. The van der Waals surface area contributed by atoms with E-state index in [1.54, 1.807) is 27.7 Å². The molecule has 7 rings (SSSR count). The summed E-state index contributed by atoms with van der Waals surface area (Å²) in [5.41, 5.74) is 3.93. The van der Waals surface area contributed by atoms with Crippen LogP contribution in [-0.2, 0) is 27.7 Å². The van der Waals surface area contributed by atoms with Gasteiger partial charge in [0.15, 0.2) is 17.7 Å². The predicted molar refractivity (Wildman–Crippen MR) is 172 cm³/mol. The zero-order valence-electron chi connectivity index (χ0n) is 27.7. The maximum Gasteiger partial charge on any atom is 0.337 e. The fraction of sp³-hybridized carbons (Fsp3) is 0.529. The molecule has 0 amide bonds. The number of fused-ring (bicyclic) bond motifs is 3. The number of anilines is 1. The number of pyridine rings is 1. The fourth-order valence-electron chi connectivity index (χ4n) is 7.14. The Bertz CT molecular complexity index is 1860. The number of carbonyl (C=O) groups is 1. The number of hydrogen-bond acceptors (Lipinski definition) is 10. The molecule has 0 bridgehead atoms. The molecule has 1 N–H and O–H groups in total. The molecule has 47 heavy (non-hydrogen) atoms. The van der Waals surface area contributed by atoms with E-state index in [4.69, 9.17) is 23.6 Å². The van der Waals surface area contributed by atoms with Crippen LogP contribution >= 0.6 is 0 Å². The first-order valence-corrected chi connectivity index (χ1v) is 16.2. The van der Waals surface area contributed by atoms with Gasteiger partial charge in [0.25, 0.3) is 5.89 Å². The van der Waals surface area contributed by atoms with E-state index in [1.165, 1.54) is 6.07 Å². The van der Waals surface area contributed by atoms with Crippen molar-refractivity contribution in [3.05, 3.63) is 40.3 Å². The van der Waals surface area contributed by atoms with E-state index in [-0.39, 0.29) is 11.8 Å². The molecule has 2 atom stereocenters. The maximum absolute atomic E-state index is 15.8. The molecule has 1 aromatic carbocycles. The molecule has 6 heterocycles. The molecule has 3 aromatic heterocycles. The second kappa shape index (κ2) is 11.9. The third-order valence-electron chi connectivity index (χ3n) is 9.41. The standard InChI is InChI=1S/C34H41FN6O6/c1-18-21-8-7-12-45-28(21)24(35)14-22(18)27-23-15-25(31-37-38-33(46-31)41-10-9-40-11-13-44-17-20(40)16-41)39(6)30(23)36-19(2)26(27)29(32(42)43)47-34(3,4)5/h14-15,20,29H,7-13,16-17H2,1-6H3,(H,42,43)/t20-,29-/m0/s1. The summed E-state index contributed by atoms with van der Waals surface area (Å²) in [6.45, 7) is 14.3. The first-order valence-electron chi connectivity index (χ1n) is 16.2. The Kier molecular flexibility index (Phi) is 7.96. The molecule has 0 unspecified atom stereocenters. The van der Waals surface area contributed by atoms with Gasteiger partial charge in [-0.15, -0.1) is 5.10 Å². The van der Waals surface area contributed by atoms with Gasteiger partial charge in [-0.2, -0.15) is 0 Å². The van der Waals surface area contributed by atoms with Gasteiger partial charge in [-0.3, -0.25) is 4.90 Å². The fourth-order valence-corrected chi connectivity index (χ4v) is 7.14. The van der Waals surface area contributed by atoms with Crippen LogP contribution in [-0.4, -0.2) is 93.4 Å². The Morgan fingerprint density at radius 2 is 1.96 bits per heavy atom. The molecule has 0 aliphatic carbocycles. The van der Waals surface area contributed by atoms with E-state index in [0.717, 1.165) is 50.3 Å². The van der Waals surface area contributed by atoms with Gasteiger partial charge >= 0.3 is 12.0 Å². The second-order valence-electron chi connectivity index (χ2n) is 13.7. The normalized spacial score (nSPS) is 19.4. The number of morpholine rings is 1. The van der Waals surface area contributed by atoms with Gasteiger partial charge in [-0.1, -0.05) is 5.10 Å². The number of ether oxygens (including phenoxy) is 3. The average molecular weight is 649 g/mol. The molecule has 250 valence electrons. The molecule has 12 nitrogen and oxygen atoms in total. The Morgan fingerprint density at radius 1 is 1.15 bits per heavy atom. The van der Waals surface area contributed by atoms with E-state index in [1.807, 2.05) is 24.6 Å². The quantitative estimate of drug-likeness (QED) is 0.309. The number of carboxylic acids is 1. The Labute approximate surface area is 272 Å². The highest BCUT2D eigenvalue weighted by Gasteiger charge is 2.36. The highest BCUT2D eigenvalue weighted by molar-refractivity contribution is 6.01. The molecule has 3 aliphatic rings. The summed E-state index contributed by atoms with van der Waals surface area (Å²) < 4.78 is 41.5. The van der Waals surface area contributed by atoms with Crippen molar-refractivity contribution in [3.63, 3.8) is 0 Å². The van der Waals surface area contributed by atoms with Crippen LogP contribution < -0.4 is 9.64 Å². The number of rotatable bonds is 6. The first kappa shape index (κ1) is 31.5. The second-order valence-corrected chi connectivity index (χ2v) is 13.7. The van der Waals surface area contributed by atoms with Gasteiger partial charge in [0.05, 0.1) is 31.5 Å². The lowest BCUT2D eigenvalue weighted by Gasteiger charge is -2.42. The molecular formula is C34H41FN6O6. The number of hydrogen-bond donors (Lipinski definition) is 1. The van der Waals surface area contributed by atoms with Crippen molar-refractivity contribution in [2.24, 2.45) is 7.05 Å². The van der Waals surface area contributed by atoms with Crippen molar-refractivity contribution in [2.45, 2.75) is 65.2 Å². The minimum absolute atomic E-state index is 0.259. The van der Waals surface area contributed by atoms with Crippen LogP contribution in [0.1, 0.15) is 55.7 Å². The van der Waals surface area contributed by atoms with Crippen LogP contribution in [0.4, 0.5) is 10.4 Å². The lowest BCUT2D eigenvalue weighted by atomic mass is 9.86. The monoisotopic (exact) mass is 648 g/mol. The molecular weight excluding hydrogens is 607 g/mol. The Morgan fingerprint density at radius 3 is 2.72 bits per heavy atom. The van der Waals surface area contributed by atoms with Crippen LogP contribution in [0, 0.1) is 19.7 Å². The van der Waals surface area contributed by atoms with Crippen molar-refractivity contribution < 1.29 is 32.9 Å². The summed E-state index contributed by atoms with van der Waals surface area (Å²) in [4.78, 5) is 22.3. The van der Waals surface area contributed by atoms with Crippen LogP contribution in [0.3, 0.4) is 0 Å². The van der Waals surface area contributed by atoms with Crippen molar-refractivity contribution in [3.8, 4) is 28.5 Å². The number of piperazine rings is 1. The van der Waals surface area contributed by atoms with Crippen molar-refractivity contribution in [1.29, 1.82) is 0 Å². The lowest BCUT2D eigenvalue weighted by molar-refractivity contribution is -0.160. The summed E-state index contributed by atoms with van der Waals surface area (Å²) in [5.74, 6) is -1.09. The average Bonchev–Trinajstić information content (AvgIpc) is 3.65. The predicted octanol–water partition coefficient (Wildman–Crippen LogP) is 4.83. The molecule has 13 heteroatoms. The van der Waals surface area contributed by atoms with Crippen LogP contribution in [0.15, 0.2) is 16.5 Å². The van der Waals surface area contributed by atoms with Gasteiger partial charge in [0.2, 0.25) is 0 Å². The molecule has 0 radical (unpaired) electrons. The molecule has 3 aliphatic heterocycles. The SMILES string of the molecule is Cc1nc2c(cc(-c3nnc(N4CCN5CCOC[C@@H]5C4)o3)n2C)c(-c2cc(F)c3c(c2C)CCCO3)c1[C@H](OC(C)(C)C)C(=O)O. The molecule has 0 saturated carbocycles. The van der Waals surface area contributed by atoms with Crippen molar-refractivity contribution >= 4 is 23.0 Å². The van der Waals surface area contributed by atoms with Crippen molar-refractivity contribution in [1.82, 2.24) is 24.6 Å².